The number of likely N-dealkylation sites (N-methyl/N-ethyl adjacent to an activating group) is 1. The monoisotopic (exact) mass is 624 g/mol. The Morgan fingerprint density at radius 1 is 1.09 bits per heavy atom. The van der Waals surface area contributed by atoms with Crippen molar-refractivity contribution in [1.82, 2.24) is 19.4 Å². The predicted molar refractivity (Wildman–Crippen MR) is 173 cm³/mol. The number of nitrogens with one attached hydrogen (secondary N) is 2. The maximum atomic E-state index is 14.3. The van der Waals surface area contributed by atoms with Crippen LogP contribution in [0, 0.1) is 0 Å². The van der Waals surface area contributed by atoms with Crippen molar-refractivity contribution < 1.29 is 14.3 Å². The second-order valence-electron chi connectivity index (χ2n) is 10.4. The van der Waals surface area contributed by atoms with Crippen LogP contribution in [0.25, 0.3) is 22.2 Å². The number of pyridine rings is 1. The zero-order valence-electron chi connectivity index (χ0n) is 24.9. The molecule has 2 aromatic carbocycles. The van der Waals surface area contributed by atoms with Crippen molar-refractivity contribution in [3.05, 3.63) is 80.7 Å². The molecule has 0 atom stereocenters. The van der Waals surface area contributed by atoms with Gasteiger partial charge in [0.1, 0.15) is 17.1 Å². The zero-order valence-corrected chi connectivity index (χ0v) is 26.4. The number of rotatable bonds is 11. The van der Waals surface area contributed by atoms with E-state index in [0.29, 0.717) is 40.7 Å². The smallest absolute Gasteiger partial charge is 0.260 e. The van der Waals surface area contributed by atoms with E-state index in [-0.39, 0.29) is 45.2 Å². The number of hydrogen-bond donors (Lipinski definition) is 2. The number of halogens is 2. The molecule has 0 aliphatic carbocycles. The summed E-state index contributed by atoms with van der Waals surface area (Å²) < 4.78 is 12.4. The zero-order chi connectivity index (χ0) is 31.3. The van der Waals surface area contributed by atoms with Gasteiger partial charge in [-0.15, -0.1) is 0 Å². The lowest BCUT2D eigenvalue weighted by Gasteiger charge is -2.18. The van der Waals surface area contributed by atoms with Crippen LogP contribution in [0.1, 0.15) is 19.4 Å². The number of nitrogens with zero attached hydrogens (tertiary/aromatic N) is 4. The first-order valence-electron chi connectivity index (χ1n) is 13.5. The molecule has 0 saturated heterocycles. The van der Waals surface area contributed by atoms with Crippen LogP contribution in [0.3, 0.4) is 0 Å². The molecule has 0 unspecified atom stereocenters. The minimum atomic E-state index is -0.387. The molecule has 4 aromatic rings. The minimum absolute atomic E-state index is 0.0748. The van der Waals surface area contributed by atoms with Crippen molar-refractivity contribution in [2.75, 3.05) is 45.5 Å². The van der Waals surface area contributed by atoms with Crippen molar-refractivity contribution in [2.45, 2.75) is 26.4 Å². The van der Waals surface area contributed by atoms with Crippen molar-refractivity contribution in [3.8, 4) is 22.6 Å². The molecule has 43 heavy (non-hydrogen) atoms. The number of aromatic nitrogens is 3. The summed E-state index contributed by atoms with van der Waals surface area (Å²) in [5.41, 5.74) is 1.87. The van der Waals surface area contributed by atoms with Crippen LogP contribution in [0.4, 0.5) is 11.6 Å². The fourth-order valence-corrected chi connectivity index (χ4v) is 5.12. The minimum Gasteiger partial charge on any atom is -0.495 e. The van der Waals surface area contributed by atoms with Crippen molar-refractivity contribution in [3.63, 3.8) is 0 Å². The Bertz CT molecular complexity index is 1710. The number of amides is 1. The van der Waals surface area contributed by atoms with Gasteiger partial charge in [0.25, 0.3) is 5.56 Å². The van der Waals surface area contributed by atoms with Gasteiger partial charge >= 0.3 is 0 Å². The molecular weight excluding hydrogens is 591 g/mol. The maximum Gasteiger partial charge on any atom is 0.260 e. The Labute approximate surface area is 260 Å². The van der Waals surface area contributed by atoms with Crippen molar-refractivity contribution >= 4 is 51.8 Å². The molecule has 10 nitrogen and oxygen atoms in total. The lowest BCUT2D eigenvalue weighted by atomic mass is 10.0. The molecule has 2 N–H and O–H groups in total. The molecule has 0 spiro atoms. The van der Waals surface area contributed by atoms with E-state index >= 15 is 0 Å². The van der Waals surface area contributed by atoms with Gasteiger partial charge in [-0.2, -0.15) is 4.98 Å². The Morgan fingerprint density at radius 2 is 1.79 bits per heavy atom. The highest BCUT2D eigenvalue weighted by Crippen LogP contribution is 2.45. The molecular formula is C31H34Cl2N6O4. The summed E-state index contributed by atoms with van der Waals surface area (Å²) in [5.74, 6) is 0.740. The third-order valence-corrected chi connectivity index (χ3v) is 7.11. The molecule has 0 bridgehead atoms. The third-order valence-electron chi connectivity index (χ3n) is 6.36. The molecule has 0 radical (unpaired) electrons. The normalized spacial score (nSPS) is 11.5. The van der Waals surface area contributed by atoms with E-state index in [2.05, 4.69) is 20.6 Å². The van der Waals surface area contributed by atoms with E-state index in [1.807, 2.05) is 51.0 Å². The molecule has 0 saturated carbocycles. The van der Waals surface area contributed by atoms with Gasteiger partial charge in [0.2, 0.25) is 11.9 Å². The van der Waals surface area contributed by atoms with Crippen LogP contribution < -0.4 is 25.7 Å². The summed E-state index contributed by atoms with van der Waals surface area (Å²) in [4.78, 5) is 37.8. The van der Waals surface area contributed by atoms with Crippen LogP contribution in [0.15, 0.2) is 59.5 Å². The highest BCUT2D eigenvalue weighted by atomic mass is 35.5. The fraction of sp³-hybridized carbons (Fsp3) is 0.290. The lowest BCUT2D eigenvalue weighted by Crippen LogP contribution is -2.24. The first kappa shape index (κ1) is 31.8. The van der Waals surface area contributed by atoms with Crippen LogP contribution in [0.2, 0.25) is 10.0 Å². The molecule has 1 amide bonds. The number of hydrogen-bond acceptors (Lipinski definition) is 8. The van der Waals surface area contributed by atoms with Gasteiger partial charge in [0.15, 0.2) is 0 Å². The van der Waals surface area contributed by atoms with Crippen LogP contribution >= 0.6 is 23.2 Å². The molecule has 12 heteroatoms. The summed E-state index contributed by atoms with van der Waals surface area (Å²) in [5, 5.41) is 6.99. The van der Waals surface area contributed by atoms with E-state index in [1.165, 1.54) is 24.9 Å². The number of benzene rings is 2. The number of carbonyl (C=O) groups is 1. The van der Waals surface area contributed by atoms with E-state index < -0.39 is 0 Å². The van der Waals surface area contributed by atoms with Gasteiger partial charge in [0.05, 0.1) is 36.4 Å². The van der Waals surface area contributed by atoms with Gasteiger partial charge < -0.3 is 25.0 Å². The molecule has 4 rings (SSSR count). The van der Waals surface area contributed by atoms with Crippen LogP contribution in [0.5, 0.6) is 11.5 Å². The summed E-state index contributed by atoms with van der Waals surface area (Å²) in [6, 6.07) is 10.6. The van der Waals surface area contributed by atoms with Gasteiger partial charge in [-0.1, -0.05) is 41.4 Å². The first-order chi connectivity index (χ1) is 20.5. The topological polar surface area (TPSA) is 111 Å². The first-order valence-corrected chi connectivity index (χ1v) is 14.3. The standard InChI is InChI=1S/C31H34Cl2N6O4/c1-18(2)35-31-34-16-20-14-22(26-27(32)23(42-5)15-24(43-6)28(26)33)30(41)39(29(20)37-31)17-19-9-7-10-21(13-19)36-25(40)11-8-12-38(3)4/h7-11,13-16,18H,12,17H2,1-6H3,(H,36,40)(H,34,35,37)/b11-8+. The largest absolute Gasteiger partial charge is 0.495 e. The number of methoxy groups -OCH3 is 2. The van der Waals surface area contributed by atoms with E-state index in [1.54, 1.807) is 30.5 Å². The molecule has 2 aromatic heterocycles. The van der Waals surface area contributed by atoms with Crippen molar-refractivity contribution in [2.24, 2.45) is 0 Å². The SMILES string of the molecule is COc1cc(OC)c(Cl)c(-c2cc3cnc(NC(C)C)nc3n(Cc3cccc(NC(=O)/C=C/CN(C)C)c3)c2=O)c1Cl. The van der Waals surface area contributed by atoms with Gasteiger partial charge in [-0.05, 0) is 51.7 Å². The second-order valence-corrected chi connectivity index (χ2v) is 11.1. The molecule has 0 fully saturated rings. The summed E-state index contributed by atoms with van der Waals surface area (Å²) >= 11 is 13.4. The average molecular weight is 626 g/mol. The Hall–Kier alpha value is -4.12. The molecule has 2 heterocycles. The highest BCUT2D eigenvalue weighted by Gasteiger charge is 2.23. The van der Waals surface area contributed by atoms with Crippen molar-refractivity contribution in [1.29, 1.82) is 0 Å². The van der Waals surface area contributed by atoms with Crippen LogP contribution in [-0.2, 0) is 11.3 Å². The van der Waals surface area contributed by atoms with Crippen LogP contribution in [-0.4, -0.2) is 66.2 Å². The fourth-order valence-electron chi connectivity index (χ4n) is 4.42. The third kappa shape index (κ3) is 7.45. The number of carbonyl (C=O) groups excluding carboxylic acids is 1. The second kappa shape index (κ2) is 13.9. The highest BCUT2D eigenvalue weighted by molar-refractivity contribution is 6.41. The summed E-state index contributed by atoms with van der Waals surface area (Å²) in [7, 11) is 6.79. The number of fused-ring (bicyclic) bond motifs is 1. The summed E-state index contributed by atoms with van der Waals surface area (Å²) in [6.07, 6.45) is 4.91. The molecule has 0 aliphatic rings. The van der Waals surface area contributed by atoms with Gasteiger partial charge in [0, 0.05) is 47.6 Å². The molecule has 0 aliphatic heterocycles. The number of anilines is 2. The molecule has 226 valence electrons. The van der Waals surface area contributed by atoms with E-state index in [4.69, 9.17) is 32.7 Å². The van der Waals surface area contributed by atoms with Gasteiger partial charge in [-0.25, -0.2) is 4.98 Å². The van der Waals surface area contributed by atoms with Gasteiger partial charge in [-0.3, -0.25) is 14.2 Å². The Kier molecular flexibility index (Phi) is 10.3. The predicted octanol–water partition coefficient (Wildman–Crippen LogP) is 5.71. The number of ether oxygens (including phenoxy) is 2. The van der Waals surface area contributed by atoms with E-state index in [9.17, 15) is 9.59 Å². The maximum absolute atomic E-state index is 14.3. The Balaban J connectivity index is 1.86. The summed E-state index contributed by atoms with van der Waals surface area (Å²) in [6.45, 7) is 4.72. The van der Waals surface area contributed by atoms with E-state index in [0.717, 1.165) is 5.56 Å². The quantitative estimate of drug-likeness (QED) is 0.204. The Morgan fingerprint density at radius 3 is 2.42 bits per heavy atom. The average Bonchev–Trinajstić information content (AvgIpc) is 2.95. The lowest BCUT2D eigenvalue weighted by molar-refractivity contribution is -0.111.